The molecule has 1 aromatic rings. The largest absolute Gasteiger partial charge is 1.00 e. The summed E-state index contributed by atoms with van der Waals surface area (Å²) in [6.45, 7) is 4.46. The molecule has 0 aromatic heterocycles. The van der Waals surface area contributed by atoms with Gasteiger partial charge in [0.05, 0.1) is 0 Å². The van der Waals surface area contributed by atoms with Crippen LogP contribution in [0.4, 0.5) is 0 Å². The maximum Gasteiger partial charge on any atom is 1.00 e. The zero-order valence-electron chi connectivity index (χ0n) is 7.96. The fourth-order valence-corrected chi connectivity index (χ4v) is 1.65. The van der Waals surface area contributed by atoms with Crippen molar-refractivity contribution < 1.29 is 18.9 Å². The monoisotopic (exact) mass is 151 g/mol. The molecule has 0 N–H and O–H groups in total. The molecule has 0 radical (unpaired) electrons. The quantitative estimate of drug-likeness (QED) is 0.465. The van der Waals surface area contributed by atoms with E-state index in [0.717, 1.165) is 0 Å². The Bertz CT molecular complexity index is 313. The van der Waals surface area contributed by atoms with E-state index < -0.39 is 0 Å². The first-order valence-corrected chi connectivity index (χ1v) is 4.06. The molecule has 1 aliphatic rings. The molecule has 0 aliphatic heterocycles. The molecule has 1 aromatic carbocycles. The first-order valence-electron chi connectivity index (χ1n) is 4.06. The van der Waals surface area contributed by atoms with E-state index in [2.05, 4.69) is 44.2 Å². The Morgan fingerprint density at radius 1 is 1.17 bits per heavy atom. The molecule has 0 fully saturated rings. The summed E-state index contributed by atoms with van der Waals surface area (Å²) >= 11 is 0. The van der Waals surface area contributed by atoms with Gasteiger partial charge in [0, 0.05) is 5.92 Å². The van der Waals surface area contributed by atoms with Gasteiger partial charge in [0.2, 0.25) is 0 Å². The molecule has 1 heteroatoms. The molecule has 0 bridgehead atoms. The van der Waals surface area contributed by atoms with Crippen molar-refractivity contribution in [2.24, 2.45) is 0 Å². The number of allylic oxidation sites excluding steroid dienone is 1. The zero-order chi connectivity index (χ0) is 7.84. The van der Waals surface area contributed by atoms with Crippen molar-refractivity contribution in [3.05, 3.63) is 41.0 Å². The van der Waals surface area contributed by atoms with Crippen LogP contribution in [0.1, 0.15) is 30.9 Å². The van der Waals surface area contributed by atoms with Gasteiger partial charge in [0.15, 0.2) is 0 Å². The third kappa shape index (κ3) is 1.38. The number of rotatable bonds is 0. The van der Waals surface area contributed by atoms with Crippen LogP contribution in [-0.2, 0) is 0 Å². The minimum Gasteiger partial charge on any atom is -0.0655 e. The first kappa shape index (κ1) is 9.64. The first-order chi connectivity index (χ1) is 5.29. The van der Waals surface area contributed by atoms with E-state index in [9.17, 15) is 0 Å². The number of hydrogen-bond acceptors (Lipinski definition) is 0. The second kappa shape index (κ2) is 3.52. The van der Waals surface area contributed by atoms with Crippen LogP contribution < -0.4 is 18.9 Å². The maximum absolute atomic E-state index is 2.28. The maximum atomic E-state index is 2.28. The zero-order valence-corrected chi connectivity index (χ0v) is 7.96. The van der Waals surface area contributed by atoms with Crippen LogP contribution >= 0.6 is 0 Å². The van der Waals surface area contributed by atoms with Crippen LogP contribution in [-0.4, -0.2) is 0 Å². The van der Waals surface area contributed by atoms with Gasteiger partial charge < -0.3 is 0 Å². The van der Waals surface area contributed by atoms with E-state index >= 15 is 0 Å². The van der Waals surface area contributed by atoms with Gasteiger partial charge in [-0.2, -0.15) is 0 Å². The molecule has 12 heavy (non-hydrogen) atoms. The van der Waals surface area contributed by atoms with Crippen molar-refractivity contribution in [1.29, 1.82) is 0 Å². The third-order valence-corrected chi connectivity index (χ3v) is 2.53. The Labute approximate surface area is 85.9 Å². The number of benzene rings is 1. The second-order valence-corrected chi connectivity index (χ2v) is 3.24. The normalized spacial score (nSPS) is 19.5. The fourth-order valence-electron chi connectivity index (χ4n) is 1.65. The standard InChI is InChI=1S/C11H12.Li/c1-8-7-10-5-3-4-6-11(10)9(8)2;/h3-7,9H,1-2H3;/q;+1. The van der Waals surface area contributed by atoms with E-state index in [-0.39, 0.29) is 18.9 Å². The summed E-state index contributed by atoms with van der Waals surface area (Å²) in [5.74, 6) is 0.631. The van der Waals surface area contributed by atoms with E-state index in [1.165, 1.54) is 16.7 Å². The molecule has 0 heterocycles. The van der Waals surface area contributed by atoms with Gasteiger partial charge in [-0.3, -0.25) is 0 Å². The van der Waals surface area contributed by atoms with E-state index in [1.54, 1.807) is 0 Å². The summed E-state index contributed by atoms with van der Waals surface area (Å²) in [5, 5.41) is 0. The minimum atomic E-state index is 0. The van der Waals surface area contributed by atoms with Crippen molar-refractivity contribution in [3.8, 4) is 0 Å². The van der Waals surface area contributed by atoms with Crippen LogP contribution in [0.3, 0.4) is 0 Å². The number of fused-ring (bicyclic) bond motifs is 1. The summed E-state index contributed by atoms with van der Waals surface area (Å²) in [6, 6.07) is 8.61. The Morgan fingerprint density at radius 2 is 1.83 bits per heavy atom. The molecule has 1 unspecified atom stereocenters. The Kier molecular flexibility index (Phi) is 2.83. The van der Waals surface area contributed by atoms with Gasteiger partial charge >= 0.3 is 18.9 Å². The molecule has 0 saturated carbocycles. The van der Waals surface area contributed by atoms with Crippen molar-refractivity contribution in [1.82, 2.24) is 0 Å². The molecule has 0 spiro atoms. The van der Waals surface area contributed by atoms with Crippen LogP contribution in [0.25, 0.3) is 6.08 Å². The number of hydrogen-bond donors (Lipinski definition) is 0. The van der Waals surface area contributed by atoms with Crippen molar-refractivity contribution in [2.45, 2.75) is 19.8 Å². The van der Waals surface area contributed by atoms with Crippen molar-refractivity contribution in [2.75, 3.05) is 0 Å². The van der Waals surface area contributed by atoms with Crippen LogP contribution in [0, 0.1) is 0 Å². The van der Waals surface area contributed by atoms with Gasteiger partial charge in [-0.1, -0.05) is 42.8 Å². The molecule has 1 aliphatic carbocycles. The van der Waals surface area contributed by atoms with E-state index in [0.29, 0.717) is 5.92 Å². The van der Waals surface area contributed by atoms with Gasteiger partial charge in [0.25, 0.3) is 0 Å². The average Bonchev–Trinajstić information content (AvgIpc) is 2.30. The summed E-state index contributed by atoms with van der Waals surface area (Å²) in [5.41, 5.74) is 4.36. The van der Waals surface area contributed by atoms with Gasteiger partial charge in [-0.25, -0.2) is 0 Å². The van der Waals surface area contributed by atoms with Gasteiger partial charge in [-0.15, -0.1) is 0 Å². The van der Waals surface area contributed by atoms with Crippen LogP contribution in [0.15, 0.2) is 29.8 Å². The smallest absolute Gasteiger partial charge is 0.0655 e. The molecule has 2 rings (SSSR count). The van der Waals surface area contributed by atoms with Crippen molar-refractivity contribution in [3.63, 3.8) is 0 Å². The predicted octanol–water partition coefficient (Wildman–Crippen LogP) is 0.211. The topological polar surface area (TPSA) is 0 Å². The van der Waals surface area contributed by atoms with E-state index in [1.807, 2.05) is 0 Å². The molecular formula is C11H12Li+. The van der Waals surface area contributed by atoms with E-state index in [4.69, 9.17) is 0 Å². The third-order valence-electron chi connectivity index (χ3n) is 2.53. The van der Waals surface area contributed by atoms with Crippen LogP contribution in [0.2, 0.25) is 0 Å². The summed E-state index contributed by atoms with van der Waals surface area (Å²) in [7, 11) is 0. The molecule has 56 valence electrons. The Balaban J connectivity index is 0.000000720. The predicted molar refractivity (Wildman–Crippen MR) is 48.5 cm³/mol. The fraction of sp³-hybridized carbons (Fsp3) is 0.273. The molecule has 0 amide bonds. The Morgan fingerprint density at radius 3 is 2.50 bits per heavy atom. The molecule has 0 nitrogen and oxygen atoms in total. The molecule has 1 atom stereocenters. The second-order valence-electron chi connectivity index (χ2n) is 3.24. The SMILES string of the molecule is CC1=Cc2ccccc2C1C.[Li+]. The summed E-state index contributed by atoms with van der Waals surface area (Å²) < 4.78 is 0. The van der Waals surface area contributed by atoms with Gasteiger partial charge in [0.1, 0.15) is 0 Å². The minimum absolute atomic E-state index is 0. The summed E-state index contributed by atoms with van der Waals surface area (Å²) in [4.78, 5) is 0. The summed E-state index contributed by atoms with van der Waals surface area (Å²) in [6.07, 6.45) is 2.28. The van der Waals surface area contributed by atoms with Gasteiger partial charge in [-0.05, 0) is 18.1 Å². The average molecular weight is 151 g/mol. The Hall–Kier alpha value is -0.443. The molecular weight excluding hydrogens is 139 g/mol. The van der Waals surface area contributed by atoms with Crippen molar-refractivity contribution >= 4 is 6.08 Å². The molecule has 0 saturated heterocycles. The van der Waals surface area contributed by atoms with Crippen LogP contribution in [0.5, 0.6) is 0 Å².